The Morgan fingerprint density at radius 2 is 2.31 bits per heavy atom. The van der Waals surface area contributed by atoms with Crippen LogP contribution in [0.2, 0.25) is 0 Å². The van der Waals surface area contributed by atoms with Gasteiger partial charge in [-0.05, 0) is 31.0 Å². The van der Waals surface area contributed by atoms with Crippen molar-refractivity contribution >= 4 is 17.0 Å². The van der Waals surface area contributed by atoms with Gasteiger partial charge in [-0.1, -0.05) is 18.2 Å². The van der Waals surface area contributed by atoms with Gasteiger partial charge in [-0.3, -0.25) is 0 Å². The number of aliphatic carboxylic acids is 1. The quantitative estimate of drug-likeness (QED) is 0.854. The highest BCUT2D eigenvalue weighted by atomic mass is 16.4. The van der Waals surface area contributed by atoms with E-state index in [0.29, 0.717) is 6.42 Å². The number of aryl methyl sites for hydroxylation is 1. The average molecular weight is 219 g/mol. The third-order valence-corrected chi connectivity index (χ3v) is 2.59. The van der Waals surface area contributed by atoms with Crippen molar-refractivity contribution in [2.75, 3.05) is 0 Å². The molecular weight excluding hydrogens is 206 g/mol. The molecule has 1 aromatic heterocycles. The molecule has 0 saturated heterocycles. The summed E-state index contributed by atoms with van der Waals surface area (Å²) in [7, 11) is 0. The molecule has 0 spiro atoms. The molecule has 1 aromatic carbocycles. The molecule has 1 unspecified atom stereocenters. The molecule has 0 aliphatic rings. The van der Waals surface area contributed by atoms with Gasteiger partial charge in [0, 0.05) is 0 Å². The summed E-state index contributed by atoms with van der Waals surface area (Å²) in [5, 5.41) is 17.0. The molecule has 1 heterocycles. The predicted molar refractivity (Wildman–Crippen MR) is 59.2 cm³/mol. The van der Waals surface area contributed by atoms with Gasteiger partial charge in [0.15, 0.2) is 6.04 Å². The van der Waals surface area contributed by atoms with Gasteiger partial charge in [-0.25, -0.2) is 9.48 Å². The number of fused-ring (bicyclic) bond motifs is 1. The van der Waals surface area contributed by atoms with Crippen molar-refractivity contribution in [3.05, 3.63) is 23.8 Å². The Balaban J connectivity index is 2.57. The lowest BCUT2D eigenvalue weighted by atomic mass is 10.2. The lowest BCUT2D eigenvalue weighted by Crippen LogP contribution is -2.19. The molecule has 16 heavy (non-hydrogen) atoms. The Labute approximate surface area is 92.7 Å². The van der Waals surface area contributed by atoms with E-state index < -0.39 is 12.0 Å². The van der Waals surface area contributed by atoms with Crippen LogP contribution in [0.1, 0.15) is 24.9 Å². The van der Waals surface area contributed by atoms with Crippen LogP contribution in [-0.2, 0) is 4.79 Å². The van der Waals surface area contributed by atoms with Gasteiger partial charge in [-0.15, -0.1) is 5.10 Å². The number of hydrogen-bond donors (Lipinski definition) is 1. The molecule has 5 nitrogen and oxygen atoms in total. The van der Waals surface area contributed by atoms with E-state index in [0.717, 1.165) is 16.6 Å². The number of nitrogens with zero attached hydrogens (tertiary/aromatic N) is 3. The summed E-state index contributed by atoms with van der Waals surface area (Å²) in [4.78, 5) is 11.1. The van der Waals surface area contributed by atoms with Crippen molar-refractivity contribution in [1.82, 2.24) is 15.0 Å². The molecular formula is C11H13N3O2. The molecule has 2 rings (SSSR count). The SMILES string of the molecule is CCC(C(=O)O)n1nnc2cc(C)ccc21. The first kappa shape index (κ1) is 10.6. The van der Waals surface area contributed by atoms with Crippen LogP contribution < -0.4 is 0 Å². The minimum atomic E-state index is -0.880. The largest absolute Gasteiger partial charge is 0.480 e. The molecule has 0 aliphatic carbocycles. The van der Waals surface area contributed by atoms with Crippen molar-refractivity contribution in [2.45, 2.75) is 26.3 Å². The monoisotopic (exact) mass is 219 g/mol. The predicted octanol–water partition coefficient (Wildman–Crippen LogP) is 1.78. The maximum Gasteiger partial charge on any atom is 0.328 e. The van der Waals surface area contributed by atoms with Crippen molar-refractivity contribution in [3.63, 3.8) is 0 Å². The van der Waals surface area contributed by atoms with Crippen molar-refractivity contribution in [3.8, 4) is 0 Å². The van der Waals surface area contributed by atoms with Gasteiger partial charge in [-0.2, -0.15) is 0 Å². The summed E-state index contributed by atoms with van der Waals surface area (Å²) in [6.45, 7) is 3.79. The number of hydrogen-bond acceptors (Lipinski definition) is 3. The molecule has 1 N–H and O–H groups in total. The van der Waals surface area contributed by atoms with Crippen LogP contribution in [0.25, 0.3) is 11.0 Å². The van der Waals surface area contributed by atoms with E-state index in [2.05, 4.69) is 10.3 Å². The van der Waals surface area contributed by atoms with Crippen molar-refractivity contribution < 1.29 is 9.90 Å². The highest BCUT2D eigenvalue weighted by Crippen LogP contribution is 2.19. The lowest BCUT2D eigenvalue weighted by Gasteiger charge is -2.10. The van der Waals surface area contributed by atoms with Crippen LogP contribution in [0.4, 0.5) is 0 Å². The van der Waals surface area contributed by atoms with Crippen LogP contribution in [-0.4, -0.2) is 26.1 Å². The van der Waals surface area contributed by atoms with Gasteiger partial charge < -0.3 is 5.11 Å². The summed E-state index contributed by atoms with van der Waals surface area (Å²) < 4.78 is 1.47. The van der Waals surface area contributed by atoms with E-state index in [9.17, 15) is 4.79 Å². The summed E-state index contributed by atoms with van der Waals surface area (Å²) >= 11 is 0. The summed E-state index contributed by atoms with van der Waals surface area (Å²) in [5.74, 6) is -0.880. The van der Waals surface area contributed by atoms with E-state index in [-0.39, 0.29) is 0 Å². The van der Waals surface area contributed by atoms with Crippen LogP contribution >= 0.6 is 0 Å². The highest BCUT2D eigenvalue weighted by Gasteiger charge is 2.20. The zero-order valence-electron chi connectivity index (χ0n) is 9.21. The maximum atomic E-state index is 11.1. The van der Waals surface area contributed by atoms with Crippen molar-refractivity contribution in [1.29, 1.82) is 0 Å². The first-order chi connectivity index (χ1) is 7.63. The van der Waals surface area contributed by atoms with Crippen molar-refractivity contribution in [2.24, 2.45) is 0 Å². The fourth-order valence-corrected chi connectivity index (χ4v) is 1.73. The molecule has 0 radical (unpaired) electrons. The van der Waals surface area contributed by atoms with Gasteiger partial charge >= 0.3 is 5.97 Å². The number of rotatable bonds is 3. The minimum absolute atomic E-state index is 0.488. The second kappa shape index (κ2) is 3.92. The smallest absolute Gasteiger partial charge is 0.328 e. The molecule has 2 aromatic rings. The standard InChI is InChI=1S/C11H13N3O2/c1-3-9(11(15)16)14-10-5-4-7(2)6-8(10)12-13-14/h4-6,9H,3H2,1-2H3,(H,15,16). The third kappa shape index (κ3) is 1.64. The zero-order valence-corrected chi connectivity index (χ0v) is 9.21. The Bertz CT molecular complexity index is 533. The van der Waals surface area contributed by atoms with Gasteiger partial charge in [0.1, 0.15) is 5.52 Å². The Morgan fingerprint density at radius 1 is 1.56 bits per heavy atom. The fraction of sp³-hybridized carbons (Fsp3) is 0.364. The molecule has 5 heteroatoms. The van der Waals surface area contributed by atoms with E-state index in [1.54, 1.807) is 0 Å². The normalized spacial score (nSPS) is 12.9. The maximum absolute atomic E-state index is 11.1. The summed E-state index contributed by atoms with van der Waals surface area (Å²) in [5.41, 5.74) is 2.59. The average Bonchev–Trinajstić information content (AvgIpc) is 2.62. The van der Waals surface area contributed by atoms with E-state index in [1.165, 1.54) is 4.68 Å². The van der Waals surface area contributed by atoms with Crippen LogP contribution in [0.3, 0.4) is 0 Å². The van der Waals surface area contributed by atoms with Crippen LogP contribution in [0.15, 0.2) is 18.2 Å². The number of carbonyl (C=O) groups is 1. The topological polar surface area (TPSA) is 68.0 Å². The van der Waals surface area contributed by atoms with Crippen LogP contribution in [0, 0.1) is 6.92 Å². The molecule has 84 valence electrons. The fourth-order valence-electron chi connectivity index (χ4n) is 1.73. The van der Waals surface area contributed by atoms with Gasteiger partial charge in [0.25, 0.3) is 0 Å². The van der Waals surface area contributed by atoms with E-state index in [4.69, 9.17) is 5.11 Å². The number of carboxylic acid groups (broad SMARTS) is 1. The molecule has 0 amide bonds. The number of benzene rings is 1. The second-order valence-electron chi connectivity index (χ2n) is 3.79. The highest BCUT2D eigenvalue weighted by molar-refractivity contribution is 5.79. The summed E-state index contributed by atoms with van der Waals surface area (Å²) in [6, 6.07) is 5.04. The minimum Gasteiger partial charge on any atom is -0.480 e. The van der Waals surface area contributed by atoms with E-state index >= 15 is 0 Å². The first-order valence-electron chi connectivity index (χ1n) is 5.18. The Morgan fingerprint density at radius 3 is 2.94 bits per heavy atom. The third-order valence-electron chi connectivity index (χ3n) is 2.59. The zero-order chi connectivity index (χ0) is 11.7. The molecule has 0 fully saturated rings. The molecule has 0 saturated carbocycles. The number of carboxylic acids is 1. The Hall–Kier alpha value is -1.91. The molecule has 0 aliphatic heterocycles. The molecule has 1 atom stereocenters. The molecule has 0 bridgehead atoms. The second-order valence-corrected chi connectivity index (χ2v) is 3.79. The van der Waals surface area contributed by atoms with E-state index in [1.807, 2.05) is 32.0 Å². The summed E-state index contributed by atoms with van der Waals surface area (Å²) in [6.07, 6.45) is 0.488. The first-order valence-corrected chi connectivity index (χ1v) is 5.18. The van der Waals surface area contributed by atoms with Crippen LogP contribution in [0.5, 0.6) is 0 Å². The van der Waals surface area contributed by atoms with Gasteiger partial charge in [0.2, 0.25) is 0 Å². The number of aromatic nitrogens is 3. The van der Waals surface area contributed by atoms with Gasteiger partial charge in [0.05, 0.1) is 5.52 Å². The Kier molecular flexibility index (Phi) is 2.60. The lowest BCUT2D eigenvalue weighted by molar-refractivity contribution is -0.141.